The Morgan fingerprint density at radius 2 is 1.90 bits per heavy atom. The second-order valence-electron chi connectivity index (χ2n) is 3.97. The molecule has 0 saturated carbocycles. The Labute approximate surface area is 111 Å². The summed E-state index contributed by atoms with van der Waals surface area (Å²) in [5.41, 5.74) is -0.687. The fourth-order valence-electron chi connectivity index (χ4n) is 1.54. The number of nitro benzene ring substituents is 1. The molecular weight excluding hydrogens is 277 g/mol. The molecule has 0 fully saturated rings. The highest BCUT2D eigenvalue weighted by Gasteiger charge is 2.34. The molecular formula is C11H9F3N4O2. The van der Waals surface area contributed by atoms with Crippen LogP contribution in [0, 0.1) is 10.1 Å². The number of anilines is 2. The predicted octanol–water partition coefficient (Wildman–Crippen LogP) is 3.09. The van der Waals surface area contributed by atoms with E-state index in [4.69, 9.17) is 0 Å². The fourth-order valence-corrected chi connectivity index (χ4v) is 1.54. The third-order valence-electron chi connectivity index (χ3n) is 2.52. The largest absolute Gasteiger partial charge is 0.435 e. The quantitative estimate of drug-likeness (QED) is 0.695. The highest BCUT2D eigenvalue weighted by atomic mass is 19.4. The van der Waals surface area contributed by atoms with E-state index in [0.717, 1.165) is 10.7 Å². The third kappa shape index (κ3) is 2.87. The minimum atomic E-state index is -4.52. The van der Waals surface area contributed by atoms with E-state index < -0.39 is 16.8 Å². The van der Waals surface area contributed by atoms with Crippen molar-refractivity contribution in [2.45, 2.75) is 6.18 Å². The highest BCUT2D eigenvalue weighted by Crippen LogP contribution is 2.30. The van der Waals surface area contributed by atoms with Gasteiger partial charge in [-0.25, -0.2) is 0 Å². The number of hydrogen-bond acceptors (Lipinski definition) is 4. The lowest BCUT2D eigenvalue weighted by Gasteiger charge is -2.05. The van der Waals surface area contributed by atoms with E-state index in [0.29, 0.717) is 5.69 Å². The number of nitrogens with zero attached hydrogens (tertiary/aromatic N) is 3. The molecule has 0 aliphatic heterocycles. The molecule has 2 rings (SSSR count). The minimum absolute atomic E-state index is 0.100. The lowest BCUT2D eigenvalue weighted by molar-refractivity contribution is -0.384. The van der Waals surface area contributed by atoms with E-state index in [1.165, 1.54) is 31.3 Å². The Hall–Kier alpha value is -2.58. The molecule has 0 amide bonds. The minimum Gasteiger partial charge on any atom is -0.340 e. The SMILES string of the molecule is Cn1nc(C(F)(F)F)cc1Nc1ccc([N+](=O)[O-])cc1. The smallest absolute Gasteiger partial charge is 0.340 e. The molecule has 6 nitrogen and oxygen atoms in total. The molecule has 0 bridgehead atoms. The molecule has 0 atom stereocenters. The van der Waals surface area contributed by atoms with Gasteiger partial charge in [-0.15, -0.1) is 0 Å². The topological polar surface area (TPSA) is 73.0 Å². The number of non-ortho nitro benzene ring substituents is 1. The van der Waals surface area contributed by atoms with Gasteiger partial charge in [-0.3, -0.25) is 14.8 Å². The molecule has 0 saturated heterocycles. The van der Waals surface area contributed by atoms with Crippen LogP contribution >= 0.6 is 0 Å². The Kier molecular flexibility index (Phi) is 3.35. The van der Waals surface area contributed by atoms with Crippen LogP contribution < -0.4 is 5.32 Å². The maximum absolute atomic E-state index is 12.5. The number of nitro groups is 1. The fraction of sp³-hybridized carbons (Fsp3) is 0.182. The van der Waals surface area contributed by atoms with Crippen molar-refractivity contribution in [3.8, 4) is 0 Å². The Morgan fingerprint density at radius 1 is 1.30 bits per heavy atom. The summed E-state index contributed by atoms with van der Waals surface area (Å²) < 4.78 is 38.5. The Balaban J connectivity index is 2.22. The van der Waals surface area contributed by atoms with Gasteiger partial charge in [0.05, 0.1) is 4.92 Å². The molecule has 20 heavy (non-hydrogen) atoms. The summed E-state index contributed by atoms with van der Waals surface area (Å²) in [6.45, 7) is 0. The van der Waals surface area contributed by atoms with Gasteiger partial charge in [0.15, 0.2) is 5.69 Å². The van der Waals surface area contributed by atoms with Gasteiger partial charge in [0, 0.05) is 30.9 Å². The second-order valence-corrected chi connectivity index (χ2v) is 3.97. The van der Waals surface area contributed by atoms with Gasteiger partial charge in [-0.05, 0) is 12.1 Å². The molecule has 0 aliphatic carbocycles. The van der Waals surface area contributed by atoms with E-state index in [1.807, 2.05) is 0 Å². The number of aryl methyl sites for hydroxylation is 1. The van der Waals surface area contributed by atoms with Gasteiger partial charge in [0.25, 0.3) is 5.69 Å². The van der Waals surface area contributed by atoms with E-state index in [2.05, 4.69) is 10.4 Å². The second kappa shape index (κ2) is 4.83. The van der Waals surface area contributed by atoms with Crippen molar-refractivity contribution >= 4 is 17.2 Å². The summed E-state index contributed by atoms with van der Waals surface area (Å²) in [4.78, 5) is 9.92. The lowest BCUT2D eigenvalue weighted by atomic mass is 10.3. The van der Waals surface area contributed by atoms with Crippen molar-refractivity contribution in [3.05, 3.63) is 46.1 Å². The molecule has 0 radical (unpaired) electrons. The summed E-state index contributed by atoms with van der Waals surface area (Å²) in [6.07, 6.45) is -4.52. The van der Waals surface area contributed by atoms with Crippen LogP contribution in [0.4, 0.5) is 30.4 Å². The molecule has 1 aromatic carbocycles. The average molecular weight is 286 g/mol. The number of aromatic nitrogens is 2. The monoisotopic (exact) mass is 286 g/mol. The summed E-state index contributed by atoms with van der Waals surface area (Å²) >= 11 is 0. The van der Waals surface area contributed by atoms with E-state index in [1.54, 1.807) is 0 Å². The summed E-state index contributed by atoms with van der Waals surface area (Å²) in [5.74, 6) is 0.131. The average Bonchev–Trinajstić information content (AvgIpc) is 2.71. The molecule has 1 heterocycles. The van der Waals surface area contributed by atoms with Crippen LogP contribution in [-0.2, 0) is 13.2 Å². The summed E-state index contributed by atoms with van der Waals surface area (Å²) in [7, 11) is 1.36. The molecule has 106 valence electrons. The van der Waals surface area contributed by atoms with Crippen molar-refractivity contribution in [2.75, 3.05) is 5.32 Å². The lowest BCUT2D eigenvalue weighted by Crippen LogP contribution is -2.06. The van der Waals surface area contributed by atoms with Gasteiger partial charge in [-0.2, -0.15) is 18.3 Å². The first kappa shape index (κ1) is 13.8. The zero-order valence-electron chi connectivity index (χ0n) is 10.2. The van der Waals surface area contributed by atoms with Crippen molar-refractivity contribution in [2.24, 2.45) is 7.05 Å². The standard InChI is InChI=1S/C11H9F3N4O2/c1-17-10(6-9(16-17)11(12,13)14)15-7-2-4-8(5-3-7)18(19)20/h2-6,15H,1H3. The van der Waals surface area contributed by atoms with Crippen LogP contribution in [0.5, 0.6) is 0 Å². The number of nitrogens with one attached hydrogen (secondary N) is 1. The predicted molar refractivity (Wildman–Crippen MR) is 64.6 cm³/mol. The van der Waals surface area contributed by atoms with Gasteiger partial charge in [-0.1, -0.05) is 0 Å². The number of alkyl halides is 3. The molecule has 2 aromatic rings. The van der Waals surface area contributed by atoms with Gasteiger partial charge < -0.3 is 5.32 Å². The molecule has 9 heteroatoms. The molecule has 0 aliphatic rings. The van der Waals surface area contributed by atoms with Crippen molar-refractivity contribution in [1.82, 2.24) is 9.78 Å². The maximum atomic E-state index is 12.5. The van der Waals surface area contributed by atoms with Gasteiger partial charge in [0.2, 0.25) is 0 Å². The van der Waals surface area contributed by atoms with Crippen LogP contribution in [0.3, 0.4) is 0 Å². The number of rotatable bonds is 3. The van der Waals surface area contributed by atoms with Gasteiger partial charge in [0.1, 0.15) is 5.82 Å². The highest BCUT2D eigenvalue weighted by molar-refractivity contribution is 5.58. The Bertz CT molecular complexity index is 634. The number of hydrogen-bond donors (Lipinski definition) is 1. The first-order valence-electron chi connectivity index (χ1n) is 5.40. The summed E-state index contributed by atoms with van der Waals surface area (Å²) in [5, 5.41) is 16.5. The van der Waals surface area contributed by atoms with Gasteiger partial charge >= 0.3 is 6.18 Å². The van der Waals surface area contributed by atoms with E-state index in [-0.39, 0.29) is 11.5 Å². The molecule has 1 N–H and O–H groups in total. The molecule has 1 aromatic heterocycles. The zero-order valence-corrected chi connectivity index (χ0v) is 10.2. The van der Waals surface area contributed by atoms with Crippen LogP contribution in [0.25, 0.3) is 0 Å². The number of benzene rings is 1. The Morgan fingerprint density at radius 3 is 2.35 bits per heavy atom. The van der Waals surface area contributed by atoms with Crippen molar-refractivity contribution in [3.63, 3.8) is 0 Å². The van der Waals surface area contributed by atoms with E-state index in [9.17, 15) is 23.3 Å². The van der Waals surface area contributed by atoms with Crippen LogP contribution in [0.15, 0.2) is 30.3 Å². The van der Waals surface area contributed by atoms with Crippen LogP contribution in [0.2, 0.25) is 0 Å². The first-order valence-corrected chi connectivity index (χ1v) is 5.40. The first-order chi connectivity index (χ1) is 9.27. The van der Waals surface area contributed by atoms with Crippen molar-refractivity contribution < 1.29 is 18.1 Å². The van der Waals surface area contributed by atoms with Crippen molar-refractivity contribution in [1.29, 1.82) is 0 Å². The molecule has 0 unspecified atom stereocenters. The molecule has 0 spiro atoms. The van der Waals surface area contributed by atoms with Crippen LogP contribution in [-0.4, -0.2) is 14.7 Å². The summed E-state index contributed by atoms with van der Waals surface area (Å²) in [6, 6.07) is 6.17. The zero-order chi connectivity index (χ0) is 14.9. The maximum Gasteiger partial charge on any atom is 0.435 e. The van der Waals surface area contributed by atoms with E-state index >= 15 is 0 Å². The van der Waals surface area contributed by atoms with Crippen LogP contribution in [0.1, 0.15) is 5.69 Å². The number of halogens is 3. The third-order valence-corrected chi connectivity index (χ3v) is 2.52. The normalized spacial score (nSPS) is 11.4.